The Balaban J connectivity index is 1.30. The molecule has 2 aromatic carbocycles. The molecule has 2 aliphatic heterocycles. The number of amides is 1. The molecule has 0 saturated carbocycles. The Morgan fingerprint density at radius 3 is 2.69 bits per heavy atom. The van der Waals surface area contributed by atoms with Gasteiger partial charge < -0.3 is 10.2 Å². The number of nitrogens with zero attached hydrogens (tertiary/aromatic N) is 2. The van der Waals surface area contributed by atoms with E-state index in [2.05, 4.69) is 15.4 Å². The van der Waals surface area contributed by atoms with Gasteiger partial charge in [0, 0.05) is 31.7 Å². The minimum atomic E-state index is -0.257. The molecule has 2 heterocycles. The number of halogens is 1. The lowest BCUT2D eigenvalue weighted by Gasteiger charge is -2.16. The largest absolute Gasteiger partial charge is 0.390 e. The van der Waals surface area contributed by atoms with Crippen molar-refractivity contribution in [1.82, 2.24) is 10.2 Å². The van der Waals surface area contributed by atoms with Crippen molar-refractivity contribution in [3.05, 3.63) is 71.5 Å². The maximum Gasteiger partial charge on any atom is 0.251 e. The monoisotopic (exact) mass is 353 g/mol. The molecule has 2 atom stereocenters. The number of carbonyl (C=O) groups excluding carboxylic acids is 1. The standard InChI is InChI=1S/C20H20FN3O2/c21-16-8-6-14(7-9-16)19-17-12-24(13-18(17)26-23-19)11-10-22-20(25)15-4-2-1-3-5-15/h1-9,17-18H,10-13H2,(H,22,25). The van der Waals surface area contributed by atoms with Gasteiger partial charge in [0.25, 0.3) is 5.91 Å². The molecule has 0 aromatic heterocycles. The van der Waals surface area contributed by atoms with Crippen molar-refractivity contribution in [3.63, 3.8) is 0 Å². The maximum absolute atomic E-state index is 13.1. The minimum absolute atomic E-state index is 0.0277. The number of rotatable bonds is 5. The zero-order valence-corrected chi connectivity index (χ0v) is 14.3. The molecule has 134 valence electrons. The van der Waals surface area contributed by atoms with E-state index in [4.69, 9.17) is 4.84 Å². The van der Waals surface area contributed by atoms with Gasteiger partial charge in [-0.3, -0.25) is 9.69 Å². The Kier molecular flexibility index (Phi) is 4.67. The maximum atomic E-state index is 13.1. The molecule has 2 aliphatic rings. The Bertz CT molecular complexity index is 808. The van der Waals surface area contributed by atoms with Crippen LogP contribution in [0, 0.1) is 11.7 Å². The molecule has 0 bridgehead atoms. The van der Waals surface area contributed by atoms with E-state index in [1.165, 1.54) is 12.1 Å². The van der Waals surface area contributed by atoms with Gasteiger partial charge in [-0.25, -0.2) is 4.39 Å². The third-order valence-electron chi connectivity index (χ3n) is 4.87. The van der Waals surface area contributed by atoms with E-state index in [0.717, 1.165) is 30.9 Å². The SMILES string of the molecule is O=C(NCCN1CC2ON=C(c3ccc(F)cc3)C2C1)c1ccccc1. The summed E-state index contributed by atoms with van der Waals surface area (Å²) in [6.07, 6.45) is 0.0277. The molecule has 1 N–H and O–H groups in total. The molecular weight excluding hydrogens is 333 g/mol. The molecule has 4 rings (SSSR count). The van der Waals surface area contributed by atoms with Crippen LogP contribution in [0.25, 0.3) is 0 Å². The van der Waals surface area contributed by atoms with Gasteiger partial charge in [0.05, 0.1) is 11.6 Å². The molecular formula is C20H20FN3O2. The second-order valence-corrected chi connectivity index (χ2v) is 6.62. The first-order valence-corrected chi connectivity index (χ1v) is 8.76. The van der Waals surface area contributed by atoms with E-state index in [0.29, 0.717) is 12.1 Å². The fraction of sp³-hybridized carbons (Fsp3) is 0.300. The molecule has 0 spiro atoms. The summed E-state index contributed by atoms with van der Waals surface area (Å²) in [6.45, 7) is 2.93. The summed E-state index contributed by atoms with van der Waals surface area (Å²) in [5, 5.41) is 7.15. The van der Waals surface area contributed by atoms with Crippen molar-refractivity contribution in [2.75, 3.05) is 26.2 Å². The number of benzene rings is 2. The summed E-state index contributed by atoms with van der Waals surface area (Å²) in [5.74, 6) is -0.132. The van der Waals surface area contributed by atoms with Crippen molar-refractivity contribution < 1.29 is 14.0 Å². The van der Waals surface area contributed by atoms with Gasteiger partial charge in [-0.15, -0.1) is 0 Å². The first-order chi connectivity index (χ1) is 12.7. The third-order valence-corrected chi connectivity index (χ3v) is 4.87. The van der Waals surface area contributed by atoms with E-state index < -0.39 is 0 Å². The molecule has 0 aliphatic carbocycles. The highest BCUT2D eigenvalue weighted by Gasteiger charge is 2.42. The quantitative estimate of drug-likeness (QED) is 0.897. The molecule has 1 fully saturated rings. The van der Waals surface area contributed by atoms with Crippen molar-refractivity contribution in [2.45, 2.75) is 6.10 Å². The molecule has 1 amide bonds. The Labute approximate surface area is 151 Å². The van der Waals surface area contributed by atoms with Gasteiger partial charge in [0.2, 0.25) is 0 Å². The number of likely N-dealkylation sites (tertiary alicyclic amines) is 1. The predicted molar refractivity (Wildman–Crippen MR) is 96.5 cm³/mol. The van der Waals surface area contributed by atoms with E-state index in [1.54, 1.807) is 24.3 Å². The first kappa shape index (κ1) is 16.7. The van der Waals surface area contributed by atoms with Crippen LogP contribution in [0.15, 0.2) is 59.8 Å². The Morgan fingerprint density at radius 2 is 1.92 bits per heavy atom. The van der Waals surface area contributed by atoms with E-state index in [9.17, 15) is 9.18 Å². The van der Waals surface area contributed by atoms with Crippen molar-refractivity contribution in [2.24, 2.45) is 11.1 Å². The smallest absolute Gasteiger partial charge is 0.251 e. The van der Waals surface area contributed by atoms with Crippen LogP contribution < -0.4 is 5.32 Å². The second kappa shape index (κ2) is 7.25. The third kappa shape index (κ3) is 3.46. The highest BCUT2D eigenvalue weighted by Crippen LogP contribution is 2.29. The van der Waals surface area contributed by atoms with E-state index in [1.807, 2.05) is 18.2 Å². The van der Waals surface area contributed by atoms with Crippen LogP contribution in [0.3, 0.4) is 0 Å². The molecule has 5 nitrogen and oxygen atoms in total. The highest BCUT2D eigenvalue weighted by atomic mass is 19.1. The van der Waals surface area contributed by atoms with Crippen LogP contribution in [0.1, 0.15) is 15.9 Å². The fourth-order valence-corrected chi connectivity index (χ4v) is 3.50. The molecule has 2 unspecified atom stereocenters. The van der Waals surface area contributed by atoms with Crippen LogP contribution >= 0.6 is 0 Å². The summed E-state index contributed by atoms with van der Waals surface area (Å²) in [6, 6.07) is 15.6. The lowest BCUT2D eigenvalue weighted by Crippen LogP contribution is -2.34. The number of hydrogen-bond acceptors (Lipinski definition) is 4. The number of carbonyl (C=O) groups is 1. The molecule has 6 heteroatoms. The van der Waals surface area contributed by atoms with Gasteiger partial charge in [-0.2, -0.15) is 0 Å². The summed E-state index contributed by atoms with van der Waals surface area (Å²) < 4.78 is 13.1. The number of hydrogen-bond donors (Lipinski definition) is 1. The lowest BCUT2D eigenvalue weighted by molar-refractivity contribution is 0.0751. The summed E-state index contributed by atoms with van der Waals surface area (Å²) in [4.78, 5) is 19.9. The Hall–Kier alpha value is -2.73. The summed E-state index contributed by atoms with van der Waals surface area (Å²) >= 11 is 0. The average Bonchev–Trinajstić information content (AvgIpc) is 3.23. The molecule has 2 aromatic rings. The van der Waals surface area contributed by atoms with Crippen molar-refractivity contribution >= 4 is 11.6 Å². The second-order valence-electron chi connectivity index (χ2n) is 6.62. The molecule has 1 saturated heterocycles. The summed E-state index contributed by atoms with van der Waals surface area (Å²) in [7, 11) is 0. The van der Waals surface area contributed by atoms with Gasteiger partial charge in [0.1, 0.15) is 11.9 Å². The summed E-state index contributed by atoms with van der Waals surface area (Å²) in [5.41, 5.74) is 2.45. The van der Waals surface area contributed by atoms with Crippen LogP contribution in [0.5, 0.6) is 0 Å². The van der Waals surface area contributed by atoms with Crippen LogP contribution in [0.4, 0.5) is 4.39 Å². The van der Waals surface area contributed by atoms with E-state index in [-0.39, 0.29) is 23.7 Å². The normalized spacial score (nSPS) is 21.8. The fourth-order valence-electron chi connectivity index (χ4n) is 3.50. The predicted octanol–water partition coefficient (Wildman–Crippen LogP) is 2.29. The van der Waals surface area contributed by atoms with Crippen LogP contribution in [-0.4, -0.2) is 48.8 Å². The minimum Gasteiger partial charge on any atom is -0.390 e. The van der Waals surface area contributed by atoms with Gasteiger partial charge in [0.15, 0.2) is 0 Å². The number of oxime groups is 1. The van der Waals surface area contributed by atoms with E-state index >= 15 is 0 Å². The van der Waals surface area contributed by atoms with Crippen molar-refractivity contribution in [3.8, 4) is 0 Å². The highest BCUT2D eigenvalue weighted by molar-refractivity contribution is 6.03. The molecule has 0 radical (unpaired) electrons. The molecule has 26 heavy (non-hydrogen) atoms. The topological polar surface area (TPSA) is 53.9 Å². The zero-order valence-electron chi connectivity index (χ0n) is 14.3. The van der Waals surface area contributed by atoms with Gasteiger partial charge in [-0.1, -0.05) is 35.5 Å². The van der Waals surface area contributed by atoms with Crippen LogP contribution in [0.2, 0.25) is 0 Å². The van der Waals surface area contributed by atoms with Gasteiger partial charge in [-0.05, 0) is 29.8 Å². The number of fused-ring (bicyclic) bond motifs is 1. The van der Waals surface area contributed by atoms with Crippen LogP contribution in [-0.2, 0) is 4.84 Å². The Morgan fingerprint density at radius 1 is 1.15 bits per heavy atom. The van der Waals surface area contributed by atoms with Gasteiger partial charge >= 0.3 is 0 Å². The lowest BCUT2D eigenvalue weighted by atomic mass is 9.95. The average molecular weight is 353 g/mol. The zero-order chi connectivity index (χ0) is 17.9. The first-order valence-electron chi connectivity index (χ1n) is 8.76. The number of nitrogens with one attached hydrogen (secondary N) is 1. The van der Waals surface area contributed by atoms with Crippen molar-refractivity contribution in [1.29, 1.82) is 0 Å².